The number of fused-ring (bicyclic) bond motifs is 1. The first-order valence-corrected chi connectivity index (χ1v) is 4.88. The number of nitrogens with zero attached hydrogens (tertiary/aromatic N) is 2. The molecule has 0 saturated carbocycles. The second-order valence-electron chi connectivity index (χ2n) is 3.56. The van der Waals surface area contributed by atoms with Gasteiger partial charge in [0.2, 0.25) is 0 Å². The van der Waals surface area contributed by atoms with E-state index in [1.165, 1.54) is 0 Å². The van der Waals surface area contributed by atoms with Crippen LogP contribution >= 0.6 is 0 Å². The molecule has 1 aromatic carbocycles. The minimum Gasteiger partial charge on any atom is -0.496 e. The van der Waals surface area contributed by atoms with Gasteiger partial charge in [-0.2, -0.15) is 5.10 Å². The third-order valence-corrected chi connectivity index (χ3v) is 2.76. The maximum absolute atomic E-state index is 5.68. The molecule has 1 aromatic heterocycles. The molecule has 0 fully saturated rings. The first-order chi connectivity index (χ1) is 7.19. The van der Waals surface area contributed by atoms with Crippen LogP contribution < -0.4 is 10.5 Å². The van der Waals surface area contributed by atoms with Crippen molar-refractivity contribution in [2.75, 3.05) is 7.11 Å². The normalized spacial score (nSPS) is 10.9. The van der Waals surface area contributed by atoms with Gasteiger partial charge in [-0.05, 0) is 18.6 Å². The van der Waals surface area contributed by atoms with Gasteiger partial charge in [-0.1, -0.05) is 6.07 Å². The highest BCUT2D eigenvalue weighted by Gasteiger charge is 2.13. The van der Waals surface area contributed by atoms with E-state index in [9.17, 15) is 0 Å². The quantitative estimate of drug-likeness (QED) is 0.805. The average Bonchev–Trinajstić information content (AvgIpc) is 2.55. The van der Waals surface area contributed by atoms with E-state index in [4.69, 9.17) is 10.5 Å². The van der Waals surface area contributed by atoms with Crippen molar-refractivity contribution in [3.63, 3.8) is 0 Å². The monoisotopic (exact) mass is 205 g/mol. The van der Waals surface area contributed by atoms with Gasteiger partial charge in [0, 0.05) is 19.3 Å². The van der Waals surface area contributed by atoms with Crippen LogP contribution in [0.4, 0.5) is 0 Å². The summed E-state index contributed by atoms with van der Waals surface area (Å²) in [6.07, 6.45) is 0. The van der Waals surface area contributed by atoms with Gasteiger partial charge in [0.1, 0.15) is 11.3 Å². The molecule has 4 nitrogen and oxygen atoms in total. The Labute approximate surface area is 88.6 Å². The standard InChI is InChI=1S/C11H15N3O/c1-7-10-9(15-3)5-4-8(6-12)11(10)13-14(7)2/h4-5H,6,12H2,1-3H3. The van der Waals surface area contributed by atoms with Crippen LogP contribution in [0.3, 0.4) is 0 Å². The van der Waals surface area contributed by atoms with E-state index in [-0.39, 0.29) is 0 Å². The molecule has 0 aliphatic heterocycles. The third kappa shape index (κ3) is 1.37. The van der Waals surface area contributed by atoms with Gasteiger partial charge in [-0.25, -0.2) is 0 Å². The third-order valence-electron chi connectivity index (χ3n) is 2.76. The van der Waals surface area contributed by atoms with E-state index in [1.54, 1.807) is 7.11 Å². The van der Waals surface area contributed by atoms with Crippen LogP contribution in [0.2, 0.25) is 0 Å². The van der Waals surface area contributed by atoms with Crippen molar-refractivity contribution < 1.29 is 4.74 Å². The Hall–Kier alpha value is -1.55. The van der Waals surface area contributed by atoms with E-state index >= 15 is 0 Å². The van der Waals surface area contributed by atoms with E-state index in [2.05, 4.69) is 5.10 Å². The Balaban J connectivity index is 2.86. The molecule has 0 aliphatic rings. The molecule has 0 saturated heterocycles. The molecule has 1 heterocycles. The number of methoxy groups -OCH3 is 1. The van der Waals surface area contributed by atoms with Crippen LogP contribution in [0.25, 0.3) is 10.9 Å². The maximum Gasteiger partial charge on any atom is 0.130 e. The van der Waals surface area contributed by atoms with Crippen molar-refractivity contribution >= 4 is 10.9 Å². The zero-order valence-corrected chi connectivity index (χ0v) is 9.24. The second kappa shape index (κ2) is 3.55. The number of aromatic nitrogens is 2. The van der Waals surface area contributed by atoms with Crippen LogP contribution in [0.15, 0.2) is 12.1 Å². The Kier molecular flexibility index (Phi) is 2.36. The minimum absolute atomic E-state index is 0.497. The summed E-state index contributed by atoms with van der Waals surface area (Å²) in [4.78, 5) is 0. The fraction of sp³-hybridized carbons (Fsp3) is 0.364. The van der Waals surface area contributed by atoms with E-state index in [0.717, 1.165) is 27.9 Å². The molecule has 2 N–H and O–H groups in total. The topological polar surface area (TPSA) is 53.1 Å². The highest BCUT2D eigenvalue weighted by Crippen LogP contribution is 2.30. The van der Waals surface area contributed by atoms with E-state index in [1.807, 2.05) is 30.8 Å². The van der Waals surface area contributed by atoms with Gasteiger partial charge in [0.05, 0.1) is 12.5 Å². The number of hydrogen-bond acceptors (Lipinski definition) is 3. The number of hydrogen-bond donors (Lipinski definition) is 1. The Morgan fingerprint density at radius 3 is 2.80 bits per heavy atom. The number of ether oxygens (including phenoxy) is 1. The van der Waals surface area contributed by atoms with Gasteiger partial charge in [0.15, 0.2) is 0 Å². The van der Waals surface area contributed by atoms with Gasteiger partial charge in [-0.15, -0.1) is 0 Å². The summed E-state index contributed by atoms with van der Waals surface area (Å²) >= 11 is 0. The largest absolute Gasteiger partial charge is 0.496 e. The molecule has 2 aromatic rings. The number of rotatable bonds is 2. The summed E-state index contributed by atoms with van der Waals surface area (Å²) in [5, 5.41) is 5.51. The maximum atomic E-state index is 5.68. The van der Waals surface area contributed by atoms with Crippen molar-refractivity contribution in [2.24, 2.45) is 12.8 Å². The zero-order chi connectivity index (χ0) is 11.0. The van der Waals surface area contributed by atoms with Crippen LogP contribution in [0, 0.1) is 6.92 Å². The second-order valence-corrected chi connectivity index (χ2v) is 3.56. The summed E-state index contributed by atoms with van der Waals surface area (Å²) in [5.74, 6) is 0.854. The summed E-state index contributed by atoms with van der Waals surface area (Å²) in [5.41, 5.74) is 8.76. The van der Waals surface area contributed by atoms with E-state index < -0.39 is 0 Å². The highest BCUT2D eigenvalue weighted by molar-refractivity contribution is 5.90. The molecule has 0 aliphatic carbocycles. The molecule has 0 atom stereocenters. The van der Waals surface area contributed by atoms with Crippen molar-refractivity contribution in [1.82, 2.24) is 9.78 Å². The molecule has 4 heteroatoms. The lowest BCUT2D eigenvalue weighted by Crippen LogP contribution is -1.98. The number of aryl methyl sites for hydroxylation is 2. The SMILES string of the molecule is COc1ccc(CN)c2nn(C)c(C)c12. The molecule has 0 unspecified atom stereocenters. The Bertz CT molecular complexity index is 502. The predicted molar refractivity (Wildman–Crippen MR) is 59.9 cm³/mol. The first kappa shape index (κ1) is 9.98. The van der Waals surface area contributed by atoms with Crippen LogP contribution in [-0.4, -0.2) is 16.9 Å². The molecule has 80 valence electrons. The summed E-state index contributed by atoms with van der Waals surface area (Å²) in [6, 6.07) is 3.91. The fourth-order valence-corrected chi connectivity index (χ4v) is 1.80. The van der Waals surface area contributed by atoms with Gasteiger partial charge >= 0.3 is 0 Å². The first-order valence-electron chi connectivity index (χ1n) is 4.88. The molecule has 0 spiro atoms. The highest BCUT2D eigenvalue weighted by atomic mass is 16.5. The van der Waals surface area contributed by atoms with Crippen LogP contribution in [0.1, 0.15) is 11.3 Å². The summed E-state index contributed by atoms with van der Waals surface area (Å²) in [7, 11) is 3.60. The fourth-order valence-electron chi connectivity index (χ4n) is 1.80. The summed E-state index contributed by atoms with van der Waals surface area (Å²) < 4.78 is 7.18. The molecule has 0 amide bonds. The smallest absolute Gasteiger partial charge is 0.130 e. The molecule has 0 bridgehead atoms. The molecule has 0 radical (unpaired) electrons. The minimum atomic E-state index is 0.497. The van der Waals surface area contributed by atoms with Crippen molar-refractivity contribution in [1.29, 1.82) is 0 Å². The van der Waals surface area contributed by atoms with Gasteiger partial charge in [0.25, 0.3) is 0 Å². The Morgan fingerprint density at radius 2 is 2.20 bits per heavy atom. The number of benzene rings is 1. The molecular formula is C11H15N3O. The zero-order valence-electron chi connectivity index (χ0n) is 9.24. The van der Waals surface area contributed by atoms with Crippen LogP contribution in [0.5, 0.6) is 5.75 Å². The van der Waals surface area contributed by atoms with Crippen LogP contribution in [-0.2, 0) is 13.6 Å². The molecule has 2 rings (SSSR count). The average molecular weight is 205 g/mol. The molecule has 15 heavy (non-hydrogen) atoms. The van der Waals surface area contributed by atoms with Crippen molar-refractivity contribution in [2.45, 2.75) is 13.5 Å². The lowest BCUT2D eigenvalue weighted by Gasteiger charge is -2.04. The van der Waals surface area contributed by atoms with E-state index in [0.29, 0.717) is 6.54 Å². The lowest BCUT2D eigenvalue weighted by molar-refractivity contribution is 0.419. The van der Waals surface area contributed by atoms with Crippen molar-refractivity contribution in [3.05, 3.63) is 23.4 Å². The molecular weight excluding hydrogens is 190 g/mol. The predicted octanol–water partition coefficient (Wildman–Crippen LogP) is 1.35. The van der Waals surface area contributed by atoms with Gasteiger partial charge < -0.3 is 10.5 Å². The summed E-state index contributed by atoms with van der Waals surface area (Å²) in [6.45, 7) is 2.52. The number of nitrogens with two attached hydrogens (primary N) is 1. The lowest BCUT2D eigenvalue weighted by atomic mass is 10.1. The van der Waals surface area contributed by atoms with Gasteiger partial charge in [-0.3, -0.25) is 4.68 Å². The van der Waals surface area contributed by atoms with Crippen molar-refractivity contribution in [3.8, 4) is 5.75 Å². The Morgan fingerprint density at radius 1 is 1.47 bits per heavy atom.